The van der Waals surface area contributed by atoms with Crippen molar-refractivity contribution in [3.05, 3.63) is 96.3 Å². The molecule has 4 rings (SSSR count). The molecule has 3 aromatic carbocycles. The van der Waals surface area contributed by atoms with Crippen LogP contribution >= 0.6 is 45.2 Å². The highest BCUT2D eigenvalue weighted by molar-refractivity contribution is 14.1. The van der Waals surface area contributed by atoms with Crippen molar-refractivity contribution in [2.24, 2.45) is 4.99 Å². The van der Waals surface area contributed by atoms with Crippen LogP contribution in [-0.4, -0.2) is 19.0 Å². The third kappa shape index (κ3) is 5.27. The van der Waals surface area contributed by atoms with E-state index in [0.29, 0.717) is 24.0 Å². The lowest BCUT2D eigenvalue weighted by Gasteiger charge is -2.12. The Balaban J connectivity index is 1.54. The Bertz CT molecular complexity index is 1190. The molecule has 1 aliphatic heterocycles. The highest BCUT2D eigenvalue weighted by Gasteiger charge is 2.24. The number of hydrogen-bond donors (Lipinski definition) is 0. The first-order valence-electron chi connectivity index (χ1n) is 9.36. The van der Waals surface area contributed by atoms with Crippen molar-refractivity contribution < 1.29 is 19.0 Å². The van der Waals surface area contributed by atoms with Crippen LogP contribution in [0.1, 0.15) is 16.7 Å². The highest BCUT2D eigenvalue weighted by atomic mass is 127. The van der Waals surface area contributed by atoms with Crippen molar-refractivity contribution in [2.45, 2.75) is 6.61 Å². The molecule has 0 fully saturated rings. The monoisotopic (exact) mass is 637 g/mol. The summed E-state index contributed by atoms with van der Waals surface area (Å²) in [5, 5.41) is 0. The molecule has 7 heteroatoms. The lowest BCUT2D eigenvalue weighted by molar-refractivity contribution is -0.129. The molecule has 0 aliphatic carbocycles. The number of methoxy groups -OCH3 is 1. The Hall–Kier alpha value is -2.40. The summed E-state index contributed by atoms with van der Waals surface area (Å²) in [6.45, 7) is 0.436. The zero-order valence-electron chi connectivity index (χ0n) is 16.5. The average Bonchev–Trinajstić information content (AvgIpc) is 3.14. The summed E-state index contributed by atoms with van der Waals surface area (Å²) in [6, 6.07) is 21.2. The molecular formula is C24H17I2NO4. The molecule has 0 N–H and O–H groups in total. The van der Waals surface area contributed by atoms with Crippen LogP contribution in [0.25, 0.3) is 6.08 Å². The van der Waals surface area contributed by atoms with Crippen LogP contribution in [0.5, 0.6) is 11.5 Å². The molecule has 5 nitrogen and oxygen atoms in total. The van der Waals surface area contributed by atoms with Crippen LogP contribution in [0.15, 0.2) is 77.4 Å². The average molecular weight is 637 g/mol. The van der Waals surface area contributed by atoms with Gasteiger partial charge in [-0.05, 0) is 99.3 Å². The number of cyclic esters (lactones) is 1. The van der Waals surface area contributed by atoms with Gasteiger partial charge in [0.15, 0.2) is 17.2 Å². The van der Waals surface area contributed by atoms with Crippen LogP contribution in [0.3, 0.4) is 0 Å². The molecule has 0 amide bonds. The lowest BCUT2D eigenvalue weighted by atomic mass is 10.1. The van der Waals surface area contributed by atoms with Gasteiger partial charge in [0.2, 0.25) is 5.90 Å². The van der Waals surface area contributed by atoms with E-state index in [2.05, 4.69) is 50.2 Å². The van der Waals surface area contributed by atoms with Crippen LogP contribution in [0.4, 0.5) is 0 Å². The van der Waals surface area contributed by atoms with Crippen molar-refractivity contribution in [3.8, 4) is 11.5 Å². The number of rotatable bonds is 6. The summed E-state index contributed by atoms with van der Waals surface area (Å²) >= 11 is 4.51. The third-order valence-electron chi connectivity index (χ3n) is 4.54. The first-order valence-corrected chi connectivity index (χ1v) is 11.5. The van der Waals surface area contributed by atoms with Gasteiger partial charge < -0.3 is 14.2 Å². The normalized spacial score (nSPS) is 14.4. The van der Waals surface area contributed by atoms with Gasteiger partial charge >= 0.3 is 5.97 Å². The van der Waals surface area contributed by atoms with Crippen molar-refractivity contribution >= 4 is 63.1 Å². The molecule has 31 heavy (non-hydrogen) atoms. The molecule has 1 heterocycles. The topological polar surface area (TPSA) is 57.1 Å². The van der Waals surface area contributed by atoms with Crippen molar-refractivity contribution in [1.29, 1.82) is 0 Å². The minimum Gasteiger partial charge on any atom is -0.493 e. The summed E-state index contributed by atoms with van der Waals surface area (Å²) in [5.41, 5.74) is 2.86. The molecule has 0 saturated carbocycles. The molecule has 0 radical (unpaired) electrons. The number of aliphatic imine (C=N–C) groups is 1. The second kappa shape index (κ2) is 9.82. The number of halogens is 2. The Morgan fingerprint density at radius 1 is 1.00 bits per heavy atom. The second-order valence-electron chi connectivity index (χ2n) is 6.63. The number of carbonyl (C=O) groups is 1. The van der Waals surface area contributed by atoms with Gasteiger partial charge in [0.05, 0.1) is 7.11 Å². The van der Waals surface area contributed by atoms with E-state index in [1.54, 1.807) is 13.2 Å². The Kier molecular flexibility index (Phi) is 6.91. The molecular weight excluding hydrogens is 620 g/mol. The van der Waals surface area contributed by atoms with Crippen molar-refractivity contribution in [2.75, 3.05) is 7.11 Å². The third-order valence-corrected chi connectivity index (χ3v) is 6.32. The summed E-state index contributed by atoms with van der Waals surface area (Å²) in [7, 11) is 1.59. The number of esters is 1. The largest absolute Gasteiger partial charge is 0.493 e. The predicted octanol–water partition coefficient (Wildman–Crippen LogP) is 5.83. The second-order valence-corrected chi connectivity index (χ2v) is 9.04. The van der Waals surface area contributed by atoms with E-state index < -0.39 is 5.97 Å². The molecule has 0 bridgehead atoms. The van der Waals surface area contributed by atoms with E-state index in [1.165, 1.54) is 0 Å². The number of carbonyl (C=O) groups excluding carboxylic acids is 1. The number of ether oxygens (including phenoxy) is 3. The van der Waals surface area contributed by atoms with E-state index in [9.17, 15) is 4.79 Å². The fraction of sp³-hybridized carbons (Fsp3) is 0.0833. The number of benzene rings is 3. The van der Waals surface area contributed by atoms with Gasteiger partial charge in [-0.25, -0.2) is 9.79 Å². The molecule has 156 valence electrons. The van der Waals surface area contributed by atoms with Crippen LogP contribution < -0.4 is 9.47 Å². The first kappa shape index (κ1) is 21.8. The van der Waals surface area contributed by atoms with E-state index in [0.717, 1.165) is 23.8 Å². The lowest BCUT2D eigenvalue weighted by Crippen LogP contribution is -2.05. The van der Waals surface area contributed by atoms with Gasteiger partial charge in [-0.15, -0.1) is 0 Å². The smallest absolute Gasteiger partial charge is 0.363 e. The molecule has 3 aromatic rings. The van der Waals surface area contributed by atoms with Crippen LogP contribution in [0.2, 0.25) is 0 Å². The Morgan fingerprint density at radius 2 is 1.77 bits per heavy atom. The van der Waals surface area contributed by atoms with Gasteiger partial charge in [0, 0.05) is 18.3 Å². The van der Waals surface area contributed by atoms with Gasteiger partial charge in [-0.1, -0.05) is 24.3 Å². The first-order chi connectivity index (χ1) is 15.0. The van der Waals surface area contributed by atoms with Crippen LogP contribution in [-0.2, 0) is 16.1 Å². The zero-order chi connectivity index (χ0) is 21.8. The number of nitrogens with zero attached hydrogens (tertiary/aromatic N) is 1. The molecule has 1 aliphatic rings. The zero-order valence-corrected chi connectivity index (χ0v) is 20.8. The fourth-order valence-electron chi connectivity index (χ4n) is 2.95. The quantitative estimate of drug-likeness (QED) is 0.194. The van der Waals surface area contributed by atoms with E-state index >= 15 is 0 Å². The van der Waals surface area contributed by atoms with Crippen LogP contribution in [0, 0.1) is 7.14 Å². The van der Waals surface area contributed by atoms with Gasteiger partial charge in [0.1, 0.15) is 6.61 Å². The predicted molar refractivity (Wildman–Crippen MR) is 136 cm³/mol. The molecule has 0 aromatic heterocycles. The van der Waals surface area contributed by atoms with Gasteiger partial charge in [0.25, 0.3) is 0 Å². The van der Waals surface area contributed by atoms with E-state index in [4.69, 9.17) is 14.2 Å². The number of hydrogen-bond acceptors (Lipinski definition) is 5. The fourth-order valence-corrected chi connectivity index (χ4v) is 3.85. The minimum atomic E-state index is -0.480. The highest BCUT2D eigenvalue weighted by Crippen LogP contribution is 2.31. The summed E-state index contributed by atoms with van der Waals surface area (Å²) in [5.74, 6) is 1.03. The van der Waals surface area contributed by atoms with Gasteiger partial charge in [-0.3, -0.25) is 0 Å². The molecule has 0 saturated heterocycles. The van der Waals surface area contributed by atoms with Crippen molar-refractivity contribution in [3.63, 3.8) is 0 Å². The summed E-state index contributed by atoms with van der Waals surface area (Å²) in [6.07, 6.45) is 1.68. The van der Waals surface area contributed by atoms with E-state index in [1.807, 2.05) is 66.7 Å². The van der Waals surface area contributed by atoms with E-state index in [-0.39, 0.29) is 5.70 Å². The summed E-state index contributed by atoms with van der Waals surface area (Å²) < 4.78 is 19.0. The minimum absolute atomic E-state index is 0.239. The molecule has 0 atom stereocenters. The molecule has 0 unspecified atom stereocenters. The summed E-state index contributed by atoms with van der Waals surface area (Å²) in [4.78, 5) is 16.6. The standard InChI is InChI=1S/C24H17I2NO4/c1-29-22-13-15(6-11-21(22)30-14-17-4-2-3-5-19(17)26)12-20-24(28)31-23(27-20)16-7-9-18(25)10-8-16/h2-13H,14H2,1H3/b20-12-. The maximum Gasteiger partial charge on any atom is 0.363 e. The molecule has 0 spiro atoms. The SMILES string of the molecule is COc1cc(/C=C2\N=C(c3ccc(I)cc3)OC2=O)ccc1OCc1ccccc1I. The maximum absolute atomic E-state index is 12.3. The van der Waals surface area contributed by atoms with Gasteiger partial charge in [-0.2, -0.15) is 0 Å². The Morgan fingerprint density at radius 3 is 2.52 bits per heavy atom. The van der Waals surface area contributed by atoms with Crippen molar-refractivity contribution in [1.82, 2.24) is 0 Å². The Labute approximate surface area is 207 Å². The maximum atomic E-state index is 12.3.